The van der Waals surface area contributed by atoms with Crippen LogP contribution < -0.4 is 10.5 Å². The van der Waals surface area contributed by atoms with Gasteiger partial charge in [0.05, 0.1) is 20.1 Å². The summed E-state index contributed by atoms with van der Waals surface area (Å²) in [6.45, 7) is 1.65. The Morgan fingerprint density at radius 1 is 1.40 bits per heavy atom. The standard InChI is InChI=1S/C12H11BrClN3O2S/c1-7-5-9(14)10(15)6-11(7)20(18,19)17-12-8(13)3-2-4-16-12/h2-6H,15H2,1H3,(H,16,17). The molecule has 1 aromatic carbocycles. The number of aromatic nitrogens is 1. The highest BCUT2D eigenvalue weighted by Crippen LogP contribution is 2.28. The molecule has 0 saturated heterocycles. The molecule has 0 atom stereocenters. The van der Waals surface area contributed by atoms with E-state index < -0.39 is 10.0 Å². The average Bonchev–Trinajstić information content (AvgIpc) is 2.36. The minimum Gasteiger partial charge on any atom is -0.397 e. The van der Waals surface area contributed by atoms with Gasteiger partial charge in [0.2, 0.25) is 0 Å². The second-order valence-corrected chi connectivity index (χ2v) is 6.99. The second-order valence-electron chi connectivity index (χ2n) is 4.08. The number of nitrogens with one attached hydrogen (secondary N) is 1. The predicted molar refractivity (Wildman–Crippen MR) is 83.3 cm³/mol. The molecule has 0 aliphatic rings. The number of rotatable bonds is 3. The lowest BCUT2D eigenvalue weighted by Crippen LogP contribution is -2.16. The van der Waals surface area contributed by atoms with Gasteiger partial charge in [0.15, 0.2) is 5.82 Å². The first-order valence-electron chi connectivity index (χ1n) is 5.50. The minimum absolute atomic E-state index is 0.0666. The molecule has 0 aliphatic heterocycles. The lowest BCUT2D eigenvalue weighted by atomic mass is 10.2. The smallest absolute Gasteiger partial charge is 0.263 e. The largest absolute Gasteiger partial charge is 0.397 e. The summed E-state index contributed by atoms with van der Waals surface area (Å²) in [6, 6.07) is 6.22. The fourth-order valence-electron chi connectivity index (χ4n) is 1.60. The molecular weight excluding hydrogens is 366 g/mol. The first-order chi connectivity index (χ1) is 9.31. The monoisotopic (exact) mass is 375 g/mol. The van der Waals surface area contributed by atoms with Gasteiger partial charge in [-0.25, -0.2) is 13.4 Å². The number of anilines is 2. The Kier molecular flexibility index (Phi) is 4.22. The van der Waals surface area contributed by atoms with Crippen LogP contribution in [0.25, 0.3) is 0 Å². The van der Waals surface area contributed by atoms with Crippen LogP contribution in [-0.2, 0) is 10.0 Å². The van der Waals surface area contributed by atoms with Crippen molar-refractivity contribution in [3.63, 3.8) is 0 Å². The van der Waals surface area contributed by atoms with Gasteiger partial charge in [-0.2, -0.15) is 0 Å². The molecule has 106 valence electrons. The molecule has 0 unspecified atom stereocenters. The van der Waals surface area contributed by atoms with Crippen LogP contribution in [-0.4, -0.2) is 13.4 Å². The third-order valence-electron chi connectivity index (χ3n) is 2.57. The van der Waals surface area contributed by atoms with Crippen LogP contribution in [0, 0.1) is 6.92 Å². The lowest BCUT2D eigenvalue weighted by Gasteiger charge is -2.12. The number of hydrogen-bond acceptors (Lipinski definition) is 4. The van der Waals surface area contributed by atoms with Crippen LogP contribution in [0.3, 0.4) is 0 Å². The van der Waals surface area contributed by atoms with Crippen molar-refractivity contribution in [1.82, 2.24) is 4.98 Å². The summed E-state index contributed by atoms with van der Waals surface area (Å²) in [4.78, 5) is 4.03. The Bertz CT molecular complexity index is 765. The fraction of sp³-hybridized carbons (Fsp3) is 0.0833. The van der Waals surface area contributed by atoms with Gasteiger partial charge in [-0.05, 0) is 52.7 Å². The van der Waals surface area contributed by atoms with Gasteiger partial charge in [0, 0.05) is 6.20 Å². The maximum Gasteiger partial charge on any atom is 0.263 e. The number of aryl methyl sites for hydroxylation is 1. The zero-order valence-electron chi connectivity index (χ0n) is 10.4. The summed E-state index contributed by atoms with van der Waals surface area (Å²) in [5.41, 5.74) is 6.37. The van der Waals surface area contributed by atoms with E-state index in [4.69, 9.17) is 17.3 Å². The van der Waals surface area contributed by atoms with E-state index in [0.29, 0.717) is 15.1 Å². The van der Waals surface area contributed by atoms with E-state index in [1.165, 1.54) is 18.3 Å². The van der Waals surface area contributed by atoms with Crippen LogP contribution in [0.4, 0.5) is 11.5 Å². The lowest BCUT2D eigenvalue weighted by molar-refractivity contribution is 0.600. The van der Waals surface area contributed by atoms with Crippen molar-refractivity contribution in [2.24, 2.45) is 0 Å². The minimum atomic E-state index is -3.79. The first kappa shape index (κ1) is 15.1. The normalized spacial score (nSPS) is 11.3. The highest BCUT2D eigenvalue weighted by Gasteiger charge is 2.20. The van der Waals surface area contributed by atoms with Crippen LogP contribution >= 0.6 is 27.5 Å². The van der Waals surface area contributed by atoms with E-state index in [1.54, 1.807) is 19.1 Å². The second kappa shape index (κ2) is 5.59. The van der Waals surface area contributed by atoms with Crippen molar-refractivity contribution < 1.29 is 8.42 Å². The number of nitrogen functional groups attached to an aromatic ring is 1. The van der Waals surface area contributed by atoms with E-state index in [2.05, 4.69) is 25.6 Å². The van der Waals surface area contributed by atoms with Gasteiger partial charge in [-0.1, -0.05) is 11.6 Å². The molecule has 0 spiro atoms. The SMILES string of the molecule is Cc1cc(Cl)c(N)cc1S(=O)(=O)Nc1ncccc1Br. The number of hydrogen-bond donors (Lipinski definition) is 2. The summed E-state index contributed by atoms with van der Waals surface area (Å²) >= 11 is 9.09. The van der Waals surface area contributed by atoms with Crippen molar-refractivity contribution in [3.05, 3.63) is 45.5 Å². The summed E-state index contributed by atoms with van der Waals surface area (Å²) in [6.07, 6.45) is 1.49. The van der Waals surface area contributed by atoms with Crippen LogP contribution in [0.2, 0.25) is 5.02 Å². The average molecular weight is 377 g/mol. The van der Waals surface area contributed by atoms with Gasteiger partial charge in [0.1, 0.15) is 0 Å². The molecule has 1 aromatic heterocycles. The van der Waals surface area contributed by atoms with Crippen LogP contribution in [0.15, 0.2) is 39.8 Å². The van der Waals surface area contributed by atoms with Gasteiger partial charge in [-0.3, -0.25) is 4.72 Å². The molecule has 0 bridgehead atoms. The van der Waals surface area contributed by atoms with Gasteiger partial charge >= 0.3 is 0 Å². The van der Waals surface area contributed by atoms with E-state index >= 15 is 0 Å². The highest BCUT2D eigenvalue weighted by atomic mass is 79.9. The van der Waals surface area contributed by atoms with Gasteiger partial charge in [-0.15, -0.1) is 0 Å². The van der Waals surface area contributed by atoms with Crippen molar-refractivity contribution in [3.8, 4) is 0 Å². The molecule has 3 N–H and O–H groups in total. The Hall–Kier alpha value is -1.31. The maximum absolute atomic E-state index is 12.4. The van der Waals surface area contributed by atoms with E-state index in [9.17, 15) is 8.42 Å². The number of pyridine rings is 1. The summed E-state index contributed by atoms with van der Waals surface area (Å²) in [7, 11) is -3.79. The fourth-order valence-corrected chi connectivity index (χ4v) is 3.60. The van der Waals surface area contributed by atoms with Crippen LogP contribution in [0.1, 0.15) is 5.56 Å². The molecule has 1 heterocycles. The summed E-state index contributed by atoms with van der Waals surface area (Å²) in [5, 5.41) is 0.320. The third-order valence-corrected chi connectivity index (χ3v) is 5.02. The zero-order valence-corrected chi connectivity index (χ0v) is 13.6. The van der Waals surface area contributed by atoms with Gasteiger partial charge in [0.25, 0.3) is 10.0 Å². The first-order valence-corrected chi connectivity index (χ1v) is 8.15. The molecule has 8 heteroatoms. The predicted octanol–water partition coefficient (Wildman–Crippen LogP) is 3.19. The van der Waals surface area contributed by atoms with Crippen molar-refractivity contribution in [2.75, 3.05) is 10.5 Å². The molecule has 0 saturated carbocycles. The molecule has 2 rings (SSSR count). The van der Waals surface area contributed by atoms with Crippen molar-refractivity contribution in [2.45, 2.75) is 11.8 Å². The third kappa shape index (κ3) is 3.05. The van der Waals surface area contributed by atoms with Crippen molar-refractivity contribution >= 4 is 49.1 Å². The van der Waals surface area contributed by atoms with Gasteiger partial charge < -0.3 is 5.73 Å². The number of nitrogens with two attached hydrogens (primary N) is 1. The van der Waals surface area contributed by atoms with E-state index in [0.717, 1.165) is 0 Å². The van der Waals surface area contributed by atoms with Crippen molar-refractivity contribution in [1.29, 1.82) is 0 Å². The Balaban J connectivity index is 2.47. The van der Waals surface area contributed by atoms with Crippen LogP contribution in [0.5, 0.6) is 0 Å². The number of sulfonamides is 1. The Morgan fingerprint density at radius 2 is 2.10 bits per heavy atom. The van der Waals surface area contributed by atoms with E-state index in [1.807, 2.05) is 0 Å². The molecule has 0 amide bonds. The summed E-state index contributed by atoms with van der Waals surface area (Å²) < 4.78 is 27.7. The highest BCUT2D eigenvalue weighted by molar-refractivity contribution is 9.10. The Labute approximate surface area is 130 Å². The molecular formula is C12H11BrClN3O2S. The molecule has 5 nitrogen and oxygen atoms in total. The molecule has 2 aromatic rings. The number of benzene rings is 1. The topological polar surface area (TPSA) is 85.1 Å². The molecule has 0 fully saturated rings. The number of halogens is 2. The maximum atomic E-state index is 12.4. The molecule has 0 aliphatic carbocycles. The quantitative estimate of drug-likeness (QED) is 0.806. The molecule has 20 heavy (non-hydrogen) atoms. The molecule has 0 radical (unpaired) electrons. The van der Waals surface area contributed by atoms with E-state index in [-0.39, 0.29) is 16.4 Å². The number of nitrogens with zero attached hydrogens (tertiary/aromatic N) is 1. The summed E-state index contributed by atoms with van der Waals surface area (Å²) in [5.74, 6) is 0.209. The Morgan fingerprint density at radius 3 is 2.75 bits per heavy atom. The zero-order chi connectivity index (χ0) is 14.9.